The number of halogens is 2. The summed E-state index contributed by atoms with van der Waals surface area (Å²) in [6.07, 6.45) is 2.71. The Morgan fingerprint density at radius 2 is 2.20 bits per heavy atom. The van der Waals surface area contributed by atoms with Crippen LogP contribution in [-0.2, 0) is 6.42 Å². The molecule has 2 aromatic rings. The molecular formula is C12H13F2N5O. The van der Waals surface area contributed by atoms with Gasteiger partial charge in [0.1, 0.15) is 23.8 Å². The normalized spacial score (nSPS) is 10.3. The number of carbonyl (C=O) groups is 1. The first-order valence-electron chi connectivity index (χ1n) is 5.99. The van der Waals surface area contributed by atoms with Gasteiger partial charge < -0.3 is 10.6 Å². The number of nitrogens with zero attached hydrogens (tertiary/aromatic N) is 2. The van der Waals surface area contributed by atoms with Crippen molar-refractivity contribution in [2.45, 2.75) is 12.8 Å². The van der Waals surface area contributed by atoms with Gasteiger partial charge in [0.15, 0.2) is 0 Å². The summed E-state index contributed by atoms with van der Waals surface area (Å²) >= 11 is 0. The summed E-state index contributed by atoms with van der Waals surface area (Å²) in [6.45, 7) is 0.398. The van der Waals surface area contributed by atoms with Crippen molar-refractivity contribution in [3.8, 4) is 0 Å². The Bertz CT molecular complexity index is 573. The molecule has 1 aromatic heterocycles. The Balaban J connectivity index is 1.72. The molecule has 8 heteroatoms. The van der Waals surface area contributed by atoms with Crippen molar-refractivity contribution in [3.05, 3.63) is 42.0 Å². The number of hydrogen-bond acceptors (Lipinski definition) is 3. The van der Waals surface area contributed by atoms with Gasteiger partial charge in [-0.25, -0.2) is 18.6 Å². The van der Waals surface area contributed by atoms with Crippen LogP contribution in [0.2, 0.25) is 0 Å². The lowest BCUT2D eigenvalue weighted by Crippen LogP contribution is -2.30. The first kappa shape index (κ1) is 13.9. The highest BCUT2D eigenvalue weighted by Gasteiger charge is 2.07. The van der Waals surface area contributed by atoms with Crippen LogP contribution < -0.4 is 10.6 Å². The largest absolute Gasteiger partial charge is 0.338 e. The second kappa shape index (κ2) is 6.60. The Kier molecular flexibility index (Phi) is 4.59. The van der Waals surface area contributed by atoms with Gasteiger partial charge in [0, 0.05) is 19.0 Å². The quantitative estimate of drug-likeness (QED) is 0.731. The molecule has 0 spiro atoms. The summed E-state index contributed by atoms with van der Waals surface area (Å²) in [7, 11) is 0. The van der Waals surface area contributed by atoms with Gasteiger partial charge in [-0.15, -0.1) is 0 Å². The molecule has 0 aliphatic rings. The van der Waals surface area contributed by atoms with Crippen molar-refractivity contribution >= 4 is 11.7 Å². The minimum Gasteiger partial charge on any atom is -0.338 e. The number of rotatable bonds is 5. The fourth-order valence-electron chi connectivity index (χ4n) is 1.57. The summed E-state index contributed by atoms with van der Waals surface area (Å²) < 4.78 is 26.0. The maximum atomic E-state index is 13.3. The van der Waals surface area contributed by atoms with E-state index in [1.54, 1.807) is 0 Å². The van der Waals surface area contributed by atoms with Crippen LogP contribution in [0.15, 0.2) is 24.5 Å². The maximum absolute atomic E-state index is 13.3. The van der Waals surface area contributed by atoms with E-state index < -0.39 is 17.7 Å². The lowest BCUT2D eigenvalue weighted by atomic mass is 10.3. The van der Waals surface area contributed by atoms with Gasteiger partial charge in [0.05, 0.1) is 5.69 Å². The number of anilines is 1. The van der Waals surface area contributed by atoms with E-state index in [0.29, 0.717) is 25.5 Å². The van der Waals surface area contributed by atoms with Crippen molar-refractivity contribution in [2.24, 2.45) is 0 Å². The van der Waals surface area contributed by atoms with E-state index in [1.165, 1.54) is 12.4 Å². The number of aryl methyl sites for hydroxylation is 1. The lowest BCUT2D eigenvalue weighted by Gasteiger charge is -2.08. The Labute approximate surface area is 113 Å². The third kappa shape index (κ3) is 4.01. The number of aromatic nitrogens is 3. The predicted molar refractivity (Wildman–Crippen MR) is 68.1 cm³/mol. The van der Waals surface area contributed by atoms with Gasteiger partial charge in [-0.2, -0.15) is 5.10 Å². The highest BCUT2D eigenvalue weighted by molar-refractivity contribution is 5.89. The van der Waals surface area contributed by atoms with Gasteiger partial charge in [0.25, 0.3) is 0 Å². The maximum Gasteiger partial charge on any atom is 0.319 e. The molecule has 106 valence electrons. The van der Waals surface area contributed by atoms with Crippen LogP contribution in [0.5, 0.6) is 0 Å². The van der Waals surface area contributed by atoms with Crippen molar-refractivity contribution in [1.29, 1.82) is 0 Å². The molecule has 2 amide bonds. The van der Waals surface area contributed by atoms with Crippen LogP contribution in [0.4, 0.5) is 19.3 Å². The van der Waals surface area contributed by atoms with Gasteiger partial charge in [-0.3, -0.25) is 5.10 Å². The van der Waals surface area contributed by atoms with Crippen LogP contribution in [0.25, 0.3) is 0 Å². The molecular weight excluding hydrogens is 268 g/mol. The number of aromatic amines is 1. The molecule has 0 fully saturated rings. The molecule has 6 nitrogen and oxygen atoms in total. The third-order valence-electron chi connectivity index (χ3n) is 2.52. The van der Waals surface area contributed by atoms with E-state index in [9.17, 15) is 13.6 Å². The summed E-state index contributed by atoms with van der Waals surface area (Å²) in [5.41, 5.74) is -0.0702. The highest BCUT2D eigenvalue weighted by Crippen LogP contribution is 2.14. The number of amides is 2. The molecule has 0 unspecified atom stereocenters. The van der Waals surface area contributed by atoms with Crippen molar-refractivity contribution in [2.75, 3.05) is 11.9 Å². The zero-order chi connectivity index (χ0) is 14.4. The minimum atomic E-state index is -0.818. The number of carbonyl (C=O) groups excluding carboxylic acids is 1. The molecule has 1 heterocycles. The SMILES string of the molecule is O=C(NCCCc1ncn[nH]1)Nc1ccc(F)cc1F. The lowest BCUT2D eigenvalue weighted by molar-refractivity contribution is 0.252. The van der Waals surface area contributed by atoms with Crippen LogP contribution in [0.1, 0.15) is 12.2 Å². The standard InChI is InChI=1S/C12H13F2N5O/c13-8-3-4-10(9(14)6-8)18-12(20)15-5-1-2-11-16-7-17-19-11/h3-4,6-7H,1-2,5H2,(H2,15,18,20)(H,16,17,19). The van der Waals surface area contributed by atoms with Gasteiger partial charge in [-0.1, -0.05) is 0 Å². The first-order chi connectivity index (χ1) is 9.65. The molecule has 0 aliphatic carbocycles. The van der Waals surface area contributed by atoms with Gasteiger partial charge >= 0.3 is 6.03 Å². The number of hydrogen-bond donors (Lipinski definition) is 3. The molecule has 3 N–H and O–H groups in total. The number of urea groups is 1. The molecule has 0 aliphatic heterocycles. The van der Waals surface area contributed by atoms with Crippen LogP contribution >= 0.6 is 0 Å². The van der Waals surface area contributed by atoms with E-state index in [-0.39, 0.29) is 5.69 Å². The highest BCUT2D eigenvalue weighted by atomic mass is 19.1. The Hall–Kier alpha value is -2.51. The van der Waals surface area contributed by atoms with E-state index in [4.69, 9.17) is 0 Å². The third-order valence-corrected chi connectivity index (χ3v) is 2.52. The average molecular weight is 281 g/mol. The van der Waals surface area contributed by atoms with Gasteiger partial charge in [-0.05, 0) is 18.6 Å². The van der Waals surface area contributed by atoms with Crippen LogP contribution in [-0.4, -0.2) is 27.8 Å². The fraction of sp³-hybridized carbons (Fsp3) is 0.250. The first-order valence-corrected chi connectivity index (χ1v) is 5.99. The van der Waals surface area contributed by atoms with Crippen molar-refractivity contribution in [3.63, 3.8) is 0 Å². The number of benzene rings is 1. The second-order valence-corrected chi connectivity index (χ2v) is 4.04. The van der Waals surface area contributed by atoms with Crippen molar-refractivity contribution < 1.29 is 13.6 Å². The molecule has 1 aromatic carbocycles. The topological polar surface area (TPSA) is 82.7 Å². The smallest absolute Gasteiger partial charge is 0.319 e. The molecule has 0 saturated carbocycles. The summed E-state index contributed by atoms with van der Waals surface area (Å²) in [5.74, 6) is -0.779. The minimum absolute atomic E-state index is 0.0702. The second-order valence-electron chi connectivity index (χ2n) is 4.04. The van der Waals surface area contributed by atoms with E-state index in [1.807, 2.05) is 0 Å². The van der Waals surface area contributed by atoms with Crippen LogP contribution in [0.3, 0.4) is 0 Å². The Morgan fingerprint density at radius 3 is 2.90 bits per heavy atom. The molecule has 0 atom stereocenters. The predicted octanol–water partition coefficient (Wildman–Crippen LogP) is 1.84. The van der Waals surface area contributed by atoms with Crippen molar-refractivity contribution in [1.82, 2.24) is 20.5 Å². The summed E-state index contributed by atoms with van der Waals surface area (Å²) in [5, 5.41) is 11.3. The zero-order valence-corrected chi connectivity index (χ0v) is 10.5. The van der Waals surface area contributed by atoms with E-state index in [2.05, 4.69) is 25.8 Å². The molecule has 0 radical (unpaired) electrons. The van der Waals surface area contributed by atoms with Gasteiger partial charge in [0.2, 0.25) is 0 Å². The van der Waals surface area contributed by atoms with Crippen LogP contribution in [0, 0.1) is 11.6 Å². The van der Waals surface area contributed by atoms with E-state index >= 15 is 0 Å². The number of nitrogens with one attached hydrogen (secondary N) is 3. The molecule has 2 rings (SSSR count). The fourth-order valence-corrected chi connectivity index (χ4v) is 1.57. The average Bonchev–Trinajstić information content (AvgIpc) is 2.91. The number of H-pyrrole nitrogens is 1. The molecule has 20 heavy (non-hydrogen) atoms. The summed E-state index contributed by atoms with van der Waals surface area (Å²) in [6, 6.07) is 2.40. The monoisotopic (exact) mass is 281 g/mol. The Morgan fingerprint density at radius 1 is 1.35 bits per heavy atom. The van der Waals surface area contributed by atoms with E-state index in [0.717, 1.165) is 11.9 Å². The summed E-state index contributed by atoms with van der Waals surface area (Å²) in [4.78, 5) is 15.4. The molecule has 0 saturated heterocycles. The zero-order valence-electron chi connectivity index (χ0n) is 10.5. The molecule has 0 bridgehead atoms.